The molecule has 0 amide bonds. The van der Waals surface area contributed by atoms with Crippen molar-refractivity contribution in [3.63, 3.8) is 0 Å². The van der Waals surface area contributed by atoms with Crippen LogP contribution in [-0.2, 0) is 0 Å². The van der Waals surface area contributed by atoms with Crippen LogP contribution in [0.4, 0.5) is 0 Å². The van der Waals surface area contributed by atoms with Gasteiger partial charge in [-0.1, -0.05) is 0 Å². The summed E-state index contributed by atoms with van der Waals surface area (Å²) < 4.78 is 0. The number of hydrogen-bond acceptors (Lipinski definition) is 0. The third-order valence-corrected chi connectivity index (χ3v) is 5.26. The zero-order valence-corrected chi connectivity index (χ0v) is 7.00. The summed E-state index contributed by atoms with van der Waals surface area (Å²) in [5.74, 6) is 7.44. The predicted molar refractivity (Wildman–Crippen MR) is 44.0 cm³/mol. The Labute approximate surface area is 68.4 Å². The van der Waals surface area contributed by atoms with E-state index in [2.05, 4.69) is 0 Å². The zero-order valence-electron chi connectivity index (χ0n) is 7.00. The maximum absolute atomic E-state index is 1.63. The molecule has 0 saturated heterocycles. The lowest BCUT2D eigenvalue weighted by Gasteiger charge is -2.62. The van der Waals surface area contributed by atoms with Crippen molar-refractivity contribution < 1.29 is 0 Å². The highest BCUT2D eigenvalue weighted by molar-refractivity contribution is 5.12. The molecule has 0 aromatic heterocycles. The molecule has 4 saturated carbocycles. The Bertz CT molecular complexity index is 206. The highest BCUT2D eigenvalue weighted by Gasteiger charge is 2.64. The van der Waals surface area contributed by atoms with E-state index in [-0.39, 0.29) is 0 Å². The van der Waals surface area contributed by atoms with Crippen LogP contribution >= 0.6 is 0 Å². The van der Waals surface area contributed by atoms with Gasteiger partial charge < -0.3 is 0 Å². The molecule has 0 bridgehead atoms. The van der Waals surface area contributed by atoms with Crippen molar-refractivity contribution in [1.29, 1.82) is 0 Å². The van der Waals surface area contributed by atoms with E-state index in [0.29, 0.717) is 0 Å². The van der Waals surface area contributed by atoms with E-state index in [1.807, 2.05) is 0 Å². The predicted octanol–water partition coefficient (Wildman–Crippen LogP) is 2.69. The maximum Gasteiger partial charge on any atom is -0.0321 e. The van der Waals surface area contributed by atoms with Crippen LogP contribution in [0.1, 0.15) is 32.1 Å². The molecule has 4 fully saturated rings. The first kappa shape index (κ1) is 5.61. The molecule has 0 nitrogen and oxygen atoms in total. The van der Waals surface area contributed by atoms with E-state index >= 15 is 0 Å². The van der Waals surface area contributed by atoms with Gasteiger partial charge in [-0.05, 0) is 67.6 Å². The van der Waals surface area contributed by atoms with Gasteiger partial charge in [0, 0.05) is 0 Å². The van der Waals surface area contributed by atoms with Crippen molar-refractivity contribution in [2.45, 2.75) is 32.1 Å². The molecule has 60 valence electrons. The van der Waals surface area contributed by atoms with Gasteiger partial charge in [0.15, 0.2) is 0 Å². The quantitative estimate of drug-likeness (QED) is 0.495. The number of fused-ring (bicyclic) bond motifs is 6. The average molecular weight is 148 g/mol. The van der Waals surface area contributed by atoms with Crippen LogP contribution in [0.5, 0.6) is 0 Å². The molecule has 4 rings (SSSR count). The Morgan fingerprint density at radius 1 is 0.636 bits per heavy atom. The average Bonchev–Trinajstić information content (AvgIpc) is 2.69. The Hall–Kier alpha value is 0. The van der Waals surface area contributed by atoms with Gasteiger partial charge in [0.2, 0.25) is 0 Å². The van der Waals surface area contributed by atoms with Crippen molar-refractivity contribution in [2.24, 2.45) is 35.5 Å². The summed E-state index contributed by atoms with van der Waals surface area (Å²) in [4.78, 5) is 0. The van der Waals surface area contributed by atoms with Gasteiger partial charge in [0.1, 0.15) is 0 Å². The third kappa shape index (κ3) is 0.494. The van der Waals surface area contributed by atoms with E-state index in [1.165, 1.54) is 35.5 Å². The summed E-state index contributed by atoms with van der Waals surface area (Å²) >= 11 is 0. The van der Waals surface area contributed by atoms with E-state index in [4.69, 9.17) is 0 Å². The second-order valence-electron chi connectivity index (χ2n) is 5.38. The standard InChI is InChI=1S/C11H16/c1-2-8-7-3-4-9(7)11(8)10-5-6(1)10/h6-11H,1-5H2/t6?,7?,8-,9?,10?,11?/m1/s1. The fraction of sp³-hybridized carbons (Fsp3) is 1.00. The van der Waals surface area contributed by atoms with E-state index < -0.39 is 0 Å². The van der Waals surface area contributed by atoms with Crippen molar-refractivity contribution in [1.82, 2.24) is 0 Å². The maximum atomic E-state index is 1.63. The van der Waals surface area contributed by atoms with E-state index in [1.54, 1.807) is 32.1 Å². The molecule has 6 atom stereocenters. The second-order valence-corrected chi connectivity index (χ2v) is 5.38. The Balaban J connectivity index is 1.66. The molecule has 11 heavy (non-hydrogen) atoms. The second kappa shape index (κ2) is 1.53. The molecular weight excluding hydrogens is 132 g/mol. The third-order valence-electron chi connectivity index (χ3n) is 5.26. The molecule has 0 spiro atoms. The number of rotatable bonds is 0. The molecule has 5 unspecified atom stereocenters. The lowest BCUT2D eigenvalue weighted by molar-refractivity contribution is -0.130. The van der Waals surface area contributed by atoms with Crippen LogP contribution in [0.3, 0.4) is 0 Å². The smallest absolute Gasteiger partial charge is 0.0321 e. The summed E-state index contributed by atoms with van der Waals surface area (Å²) in [6.45, 7) is 0. The Morgan fingerprint density at radius 2 is 1.36 bits per heavy atom. The first-order valence-electron chi connectivity index (χ1n) is 5.45. The van der Waals surface area contributed by atoms with Crippen LogP contribution < -0.4 is 0 Å². The van der Waals surface area contributed by atoms with Gasteiger partial charge in [-0.25, -0.2) is 0 Å². The molecule has 0 heterocycles. The summed E-state index contributed by atoms with van der Waals surface area (Å²) in [7, 11) is 0. The largest absolute Gasteiger partial charge is 0.0499 e. The molecule has 4 aliphatic rings. The monoisotopic (exact) mass is 148 g/mol. The topological polar surface area (TPSA) is 0 Å². The first-order valence-corrected chi connectivity index (χ1v) is 5.45. The van der Waals surface area contributed by atoms with E-state index in [0.717, 1.165) is 0 Å². The minimum absolute atomic E-state index is 1.22. The zero-order chi connectivity index (χ0) is 7.00. The van der Waals surface area contributed by atoms with Gasteiger partial charge >= 0.3 is 0 Å². The van der Waals surface area contributed by atoms with Gasteiger partial charge in [0.05, 0.1) is 0 Å². The van der Waals surface area contributed by atoms with Gasteiger partial charge in [0.25, 0.3) is 0 Å². The molecule has 0 aliphatic heterocycles. The van der Waals surface area contributed by atoms with Crippen molar-refractivity contribution in [3.8, 4) is 0 Å². The molecule has 0 heteroatoms. The molecule has 0 aromatic carbocycles. The highest BCUT2D eigenvalue weighted by atomic mass is 14.7. The normalized spacial score (nSPS) is 69.8. The van der Waals surface area contributed by atoms with Gasteiger partial charge in [-0.15, -0.1) is 0 Å². The summed E-state index contributed by atoms with van der Waals surface area (Å²) in [5.41, 5.74) is 0. The summed E-state index contributed by atoms with van der Waals surface area (Å²) in [6, 6.07) is 0. The molecule has 4 aliphatic carbocycles. The van der Waals surface area contributed by atoms with Crippen molar-refractivity contribution in [2.75, 3.05) is 0 Å². The fourth-order valence-electron chi connectivity index (χ4n) is 4.54. The minimum Gasteiger partial charge on any atom is -0.0499 e. The SMILES string of the molecule is C1C[C@@H]2C3CCC3C2C2CC12. The van der Waals surface area contributed by atoms with Crippen LogP contribution in [0.15, 0.2) is 0 Å². The molecule has 0 radical (unpaired) electrons. The highest BCUT2D eigenvalue weighted by Crippen LogP contribution is 2.71. The summed E-state index contributed by atoms with van der Waals surface area (Å²) in [6.07, 6.45) is 8.06. The Morgan fingerprint density at radius 3 is 2.09 bits per heavy atom. The van der Waals surface area contributed by atoms with Crippen molar-refractivity contribution >= 4 is 0 Å². The Kier molecular flexibility index (Phi) is 0.781. The molecule has 0 N–H and O–H groups in total. The van der Waals surface area contributed by atoms with Crippen LogP contribution in [-0.4, -0.2) is 0 Å². The lowest BCUT2D eigenvalue weighted by atomic mass is 9.43. The van der Waals surface area contributed by atoms with Crippen LogP contribution in [0, 0.1) is 35.5 Å². The van der Waals surface area contributed by atoms with Crippen LogP contribution in [0.25, 0.3) is 0 Å². The molecular formula is C11H16. The minimum atomic E-state index is 1.22. The van der Waals surface area contributed by atoms with Crippen LogP contribution in [0.2, 0.25) is 0 Å². The first-order chi connectivity index (χ1) is 5.45. The number of hydrogen-bond donors (Lipinski definition) is 0. The fourth-order valence-corrected chi connectivity index (χ4v) is 4.54. The molecule has 0 aromatic rings. The summed E-state index contributed by atoms with van der Waals surface area (Å²) in [5, 5.41) is 0. The van der Waals surface area contributed by atoms with Crippen molar-refractivity contribution in [3.05, 3.63) is 0 Å². The van der Waals surface area contributed by atoms with Gasteiger partial charge in [-0.3, -0.25) is 0 Å². The lowest BCUT2D eigenvalue weighted by Crippen LogP contribution is -2.55. The van der Waals surface area contributed by atoms with Gasteiger partial charge in [-0.2, -0.15) is 0 Å². The van der Waals surface area contributed by atoms with E-state index in [9.17, 15) is 0 Å².